The number of nitrogen functional groups attached to an aromatic ring is 1. The highest BCUT2D eigenvalue weighted by molar-refractivity contribution is 7.90. The molecule has 4 aromatic heterocycles. The molecule has 0 spiro atoms. The van der Waals surface area contributed by atoms with E-state index in [4.69, 9.17) is 33.9 Å². The minimum absolute atomic E-state index is 0.151. The first-order valence-corrected chi connectivity index (χ1v) is 17.2. The molecule has 0 amide bonds. The Bertz CT molecular complexity index is 2270. The van der Waals surface area contributed by atoms with Crippen LogP contribution < -0.4 is 5.73 Å². The Balaban J connectivity index is 0.000000151. The Labute approximate surface area is 280 Å². The number of nitrogens with two attached hydrogens (primary N) is 1. The van der Waals surface area contributed by atoms with E-state index in [1.165, 1.54) is 6.20 Å². The second-order valence-electron chi connectivity index (χ2n) is 11.0. The molecule has 2 N–H and O–H groups in total. The molecule has 0 aliphatic heterocycles. The van der Waals surface area contributed by atoms with Gasteiger partial charge in [-0.25, -0.2) is 48.3 Å². The molecule has 2 aliphatic rings. The SMILES string of the molecule is CS(=O)(=O)c1ncc2c(n1)CCc1cnc(-c3ccc(Cl)cc3)nc1-2.Nc1ncc2c(n1)CCc1cnc(-c3ccc(Cl)cc3)nc1-2. The summed E-state index contributed by atoms with van der Waals surface area (Å²) < 4.78 is 23.3. The smallest absolute Gasteiger partial charge is 0.247 e. The lowest BCUT2D eigenvalue weighted by molar-refractivity contribution is 0.591. The molecule has 0 bridgehead atoms. The van der Waals surface area contributed by atoms with Crippen LogP contribution in [0, 0.1) is 0 Å². The van der Waals surface area contributed by atoms with E-state index < -0.39 is 9.84 Å². The molecule has 2 aromatic carbocycles. The van der Waals surface area contributed by atoms with E-state index in [9.17, 15) is 8.42 Å². The Hall–Kier alpha value is -4.91. The van der Waals surface area contributed by atoms with Crippen molar-refractivity contribution in [3.05, 3.63) is 106 Å². The van der Waals surface area contributed by atoms with Gasteiger partial charge in [0.15, 0.2) is 11.6 Å². The van der Waals surface area contributed by atoms with Gasteiger partial charge < -0.3 is 5.73 Å². The molecule has 47 heavy (non-hydrogen) atoms. The van der Waals surface area contributed by atoms with Gasteiger partial charge in [-0.2, -0.15) is 0 Å². The van der Waals surface area contributed by atoms with Gasteiger partial charge in [-0.05, 0) is 85.3 Å². The maximum Gasteiger partial charge on any atom is 0.247 e. The van der Waals surface area contributed by atoms with E-state index >= 15 is 0 Å². The second kappa shape index (κ2) is 12.4. The molecule has 6 aromatic rings. The third-order valence-electron chi connectivity index (χ3n) is 7.77. The molecule has 4 heterocycles. The Morgan fingerprint density at radius 1 is 0.596 bits per heavy atom. The maximum absolute atomic E-state index is 11.7. The summed E-state index contributed by atoms with van der Waals surface area (Å²) in [6.07, 6.45) is 11.1. The summed E-state index contributed by atoms with van der Waals surface area (Å²) in [7, 11) is -3.44. The van der Waals surface area contributed by atoms with Crippen LogP contribution in [-0.4, -0.2) is 54.5 Å². The van der Waals surface area contributed by atoms with Gasteiger partial charge in [-0.1, -0.05) is 23.2 Å². The van der Waals surface area contributed by atoms with Gasteiger partial charge in [-0.3, -0.25) is 0 Å². The number of aromatic nitrogens is 8. The van der Waals surface area contributed by atoms with Crippen molar-refractivity contribution in [2.75, 3.05) is 12.0 Å². The molecule has 0 fully saturated rings. The van der Waals surface area contributed by atoms with Gasteiger partial charge in [0.2, 0.25) is 20.9 Å². The quantitative estimate of drug-likeness (QED) is 0.228. The summed E-state index contributed by atoms with van der Waals surface area (Å²) in [5.41, 5.74) is 14.5. The zero-order valence-electron chi connectivity index (χ0n) is 24.9. The first-order valence-electron chi connectivity index (χ1n) is 14.5. The highest BCUT2D eigenvalue weighted by Crippen LogP contribution is 2.33. The standard InChI is InChI=1S/C17H13ClN4O2S.C16H12ClN5/c1-25(23,24)17-20-9-13-14(21-17)7-4-11-8-19-16(22-15(11)13)10-2-5-12(18)6-3-10;17-11-4-1-9(2-5-11)15-19-7-10-3-6-13-12(14(10)22-15)8-20-16(18)21-13/h2-3,5-6,8-9H,4,7H2,1H3;1-2,4-5,7-8H,3,6H2,(H2,18,20,21). The van der Waals surface area contributed by atoms with Crippen molar-refractivity contribution in [3.63, 3.8) is 0 Å². The van der Waals surface area contributed by atoms with Crippen LogP contribution in [0.4, 0.5) is 5.95 Å². The van der Waals surface area contributed by atoms with Gasteiger partial charge >= 0.3 is 0 Å². The third kappa shape index (κ3) is 6.39. The Morgan fingerprint density at radius 2 is 1.06 bits per heavy atom. The predicted molar refractivity (Wildman–Crippen MR) is 179 cm³/mol. The van der Waals surface area contributed by atoms with Gasteiger partial charge in [0.1, 0.15) is 0 Å². The predicted octanol–water partition coefficient (Wildman–Crippen LogP) is 5.69. The summed E-state index contributed by atoms with van der Waals surface area (Å²) in [5.74, 6) is 1.55. The van der Waals surface area contributed by atoms with Crippen LogP contribution >= 0.6 is 23.2 Å². The Morgan fingerprint density at radius 3 is 1.55 bits per heavy atom. The van der Waals surface area contributed by atoms with E-state index in [0.717, 1.165) is 69.6 Å². The van der Waals surface area contributed by atoms with Crippen molar-refractivity contribution >= 4 is 39.0 Å². The van der Waals surface area contributed by atoms with Crippen molar-refractivity contribution < 1.29 is 8.42 Å². The summed E-state index contributed by atoms with van der Waals surface area (Å²) >= 11 is 11.9. The average Bonchev–Trinajstić information content (AvgIpc) is 3.08. The summed E-state index contributed by atoms with van der Waals surface area (Å²) in [5, 5.41) is 1.19. The number of benzene rings is 2. The number of halogens is 2. The molecule has 0 atom stereocenters. The van der Waals surface area contributed by atoms with Gasteiger partial charge in [0.25, 0.3) is 0 Å². The molecule has 0 radical (unpaired) electrons. The zero-order chi connectivity index (χ0) is 32.7. The monoisotopic (exact) mass is 681 g/mol. The number of rotatable bonds is 3. The lowest BCUT2D eigenvalue weighted by Crippen LogP contribution is -2.13. The van der Waals surface area contributed by atoms with Gasteiger partial charge in [0, 0.05) is 63.3 Å². The molecule has 2 aliphatic carbocycles. The fourth-order valence-electron chi connectivity index (χ4n) is 5.41. The maximum atomic E-state index is 11.7. The van der Waals surface area contributed by atoms with Crippen LogP contribution in [-0.2, 0) is 35.5 Å². The number of hydrogen-bond acceptors (Lipinski definition) is 11. The minimum Gasteiger partial charge on any atom is -0.368 e. The largest absolute Gasteiger partial charge is 0.368 e. The van der Waals surface area contributed by atoms with Crippen LogP contribution in [0.1, 0.15) is 22.5 Å². The number of anilines is 1. The van der Waals surface area contributed by atoms with Crippen LogP contribution in [0.5, 0.6) is 0 Å². The third-order valence-corrected chi connectivity index (χ3v) is 9.13. The molecule has 0 saturated carbocycles. The lowest BCUT2D eigenvalue weighted by atomic mass is 9.94. The number of fused-ring (bicyclic) bond motifs is 6. The fourth-order valence-corrected chi connectivity index (χ4v) is 6.19. The molecule has 11 nitrogen and oxygen atoms in total. The van der Waals surface area contributed by atoms with Crippen molar-refractivity contribution in [1.29, 1.82) is 0 Å². The van der Waals surface area contributed by atoms with E-state index in [-0.39, 0.29) is 5.16 Å². The fraction of sp³-hybridized carbons (Fsp3) is 0.152. The second-order valence-corrected chi connectivity index (χ2v) is 13.8. The van der Waals surface area contributed by atoms with Crippen LogP contribution in [0.3, 0.4) is 0 Å². The highest BCUT2D eigenvalue weighted by Gasteiger charge is 2.24. The molecule has 234 valence electrons. The molecule has 0 saturated heterocycles. The van der Waals surface area contributed by atoms with Crippen LogP contribution in [0.25, 0.3) is 45.3 Å². The van der Waals surface area contributed by atoms with E-state index in [1.54, 1.807) is 24.5 Å². The van der Waals surface area contributed by atoms with Gasteiger partial charge in [-0.15, -0.1) is 0 Å². The van der Waals surface area contributed by atoms with Crippen molar-refractivity contribution in [2.24, 2.45) is 0 Å². The lowest BCUT2D eigenvalue weighted by Gasteiger charge is -2.18. The van der Waals surface area contributed by atoms with E-state index in [1.807, 2.05) is 42.6 Å². The first kappa shape index (κ1) is 30.7. The van der Waals surface area contributed by atoms with Crippen molar-refractivity contribution in [1.82, 2.24) is 39.9 Å². The number of nitrogens with zero attached hydrogens (tertiary/aromatic N) is 8. The zero-order valence-corrected chi connectivity index (χ0v) is 27.2. The molecular formula is C33H25Cl2N9O2S. The van der Waals surface area contributed by atoms with Crippen LogP contribution in [0.15, 0.2) is 78.5 Å². The average molecular weight is 683 g/mol. The normalized spacial score (nSPS) is 12.9. The van der Waals surface area contributed by atoms with E-state index in [0.29, 0.717) is 46.2 Å². The van der Waals surface area contributed by atoms with Crippen molar-refractivity contribution in [2.45, 2.75) is 30.8 Å². The summed E-state index contributed by atoms with van der Waals surface area (Å²) in [6, 6.07) is 14.8. The highest BCUT2D eigenvalue weighted by atomic mass is 35.5. The number of hydrogen-bond donors (Lipinski definition) is 1. The van der Waals surface area contributed by atoms with Crippen LogP contribution in [0.2, 0.25) is 10.0 Å². The molecule has 0 unspecified atom stereocenters. The summed E-state index contributed by atoms with van der Waals surface area (Å²) in [4.78, 5) is 34.9. The van der Waals surface area contributed by atoms with E-state index in [2.05, 4.69) is 34.9 Å². The molecule has 14 heteroatoms. The molecular weight excluding hydrogens is 657 g/mol. The van der Waals surface area contributed by atoms with Crippen molar-refractivity contribution in [3.8, 4) is 45.3 Å². The first-order chi connectivity index (χ1) is 22.6. The minimum atomic E-state index is -3.44. The summed E-state index contributed by atoms with van der Waals surface area (Å²) in [6.45, 7) is 0. The number of sulfone groups is 1. The van der Waals surface area contributed by atoms with Gasteiger partial charge in [0.05, 0.1) is 22.8 Å². The number of aryl methyl sites for hydroxylation is 4. The topological polar surface area (TPSA) is 163 Å². The molecule has 8 rings (SSSR count). The Kier molecular flexibility index (Phi) is 8.08.